The third-order valence-electron chi connectivity index (χ3n) is 3.82. The van der Waals surface area contributed by atoms with Crippen LogP contribution in [0.3, 0.4) is 0 Å². The molecule has 0 aliphatic heterocycles. The maximum absolute atomic E-state index is 12.3. The first kappa shape index (κ1) is 19.1. The van der Waals surface area contributed by atoms with E-state index in [0.29, 0.717) is 30.0 Å². The highest BCUT2D eigenvalue weighted by Crippen LogP contribution is 2.22. The van der Waals surface area contributed by atoms with Crippen LogP contribution in [0.4, 0.5) is 0 Å². The quantitative estimate of drug-likeness (QED) is 0.729. The largest absolute Gasteiger partial charge is 0.360 e. The lowest BCUT2D eigenvalue weighted by molar-refractivity contribution is 0.0950. The number of carbonyl (C=O) groups is 1. The van der Waals surface area contributed by atoms with Crippen molar-refractivity contribution in [2.75, 3.05) is 6.54 Å². The third kappa shape index (κ3) is 4.90. The van der Waals surface area contributed by atoms with Crippen molar-refractivity contribution in [2.24, 2.45) is 5.14 Å². The molecule has 8 heteroatoms. The van der Waals surface area contributed by atoms with E-state index in [-0.39, 0.29) is 16.7 Å². The molecule has 25 heavy (non-hydrogen) atoms. The van der Waals surface area contributed by atoms with Crippen LogP contribution in [0.25, 0.3) is 0 Å². The lowest BCUT2D eigenvalue weighted by atomic mass is 10.0. The number of rotatable bonds is 7. The number of hydrogen-bond donors (Lipinski definition) is 2. The summed E-state index contributed by atoms with van der Waals surface area (Å²) in [5, 5.41) is 11.8. The van der Waals surface area contributed by atoms with Gasteiger partial charge in [-0.25, -0.2) is 13.6 Å². The lowest BCUT2D eigenvalue weighted by Crippen LogP contribution is -2.26. The highest BCUT2D eigenvalue weighted by atomic mass is 32.2. The fourth-order valence-electron chi connectivity index (χ4n) is 2.49. The zero-order chi connectivity index (χ0) is 18.6. The van der Waals surface area contributed by atoms with E-state index in [4.69, 9.17) is 9.66 Å². The van der Waals surface area contributed by atoms with Crippen LogP contribution < -0.4 is 10.5 Å². The maximum atomic E-state index is 12.3. The Kier molecular flexibility index (Phi) is 5.97. The van der Waals surface area contributed by atoms with Crippen molar-refractivity contribution in [3.8, 4) is 0 Å². The summed E-state index contributed by atoms with van der Waals surface area (Å²) in [6.45, 7) is 6.14. The molecule has 0 fully saturated rings. The minimum absolute atomic E-state index is 0.0827. The average Bonchev–Trinajstić information content (AvgIpc) is 2.93. The van der Waals surface area contributed by atoms with Crippen molar-refractivity contribution in [3.63, 3.8) is 0 Å². The van der Waals surface area contributed by atoms with Crippen molar-refractivity contribution in [2.45, 2.75) is 44.4 Å². The number of nitrogens with one attached hydrogen (secondary N) is 1. The van der Waals surface area contributed by atoms with Gasteiger partial charge in [0.05, 0.1) is 10.6 Å². The fourth-order valence-corrected chi connectivity index (χ4v) is 3.00. The Labute approximate surface area is 147 Å². The molecule has 1 heterocycles. The molecule has 7 nitrogen and oxygen atoms in total. The molecule has 0 atom stereocenters. The maximum Gasteiger partial charge on any atom is 0.256 e. The first-order chi connectivity index (χ1) is 11.7. The van der Waals surface area contributed by atoms with Gasteiger partial charge in [-0.3, -0.25) is 4.79 Å². The molecular weight excluding hydrogens is 342 g/mol. The first-order valence-corrected chi connectivity index (χ1v) is 9.61. The van der Waals surface area contributed by atoms with Gasteiger partial charge in [0.2, 0.25) is 10.0 Å². The Hall–Kier alpha value is -2.19. The minimum atomic E-state index is -3.67. The third-order valence-corrected chi connectivity index (χ3v) is 4.75. The number of primary sulfonamides is 1. The molecule has 2 aromatic rings. The van der Waals surface area contributed by atoms with Gasteiger partial charge >= 0.3 is 0 Å². The number of amides is 1. The van der Waals surface area contributed by atoms with Gasteiger partial charge in [0.1, 0.15) is 5.56 Å². The number of sulfonamides is 1. The van der Waals surface area contributed by atoms with E-state index in [0.717, 1.165) is 12.0 Å². The van der Waals surface area contributed by atoms with Crippen molar-refractivity contribution in [1.82, 2.24) is 10.5 Å². The second-order valence-electron chi connectivity index (χ2n) is 6.21. The fraction of sp³-hybridized carbons (Fsp3) is 0.412. The van der Waals surface area contributed by atoms with Gasteiger partial charge in [-0.15, -0.1) is 0 Å². The topological polar surface area (TPSA) is 115 Å². The SMILES string of the molecule is Cc1noc(C(C)C)c1C(=O)NCCCc1ccc(S(N)(=O)=O)cc1. The molecule has 1 aromatic carbocycles. The van der Waals surface area contributed by atoms with Crippen LogP contribution in [-0.4, -0.2) is 26.0 Å². The predicted octanol–water partition coefficient (Wildman–Crippen LogP) is 2.12. The molecule has 0 bridgehead atoms. The number of hydrogen-bond acceptors (Lipinski definition) is 5. The first-order valence-electron chi connectivity index (χ1n) is 8.06. The summed E-state index contributed by atoms with van der Waals surface area (Å²) in [5.74, 6) is 0.486. The summed E-state index contributed by atoms with van der Waals surface area (Å²) in [6, 6.07) is 6.42. The Bertz CT molecular complexity index is 839. The molecule has 0 aliphatic carbocycles. The van der Waals surface area contributed by atoms with Gasteiger partial charge in [-0.1, -0.05) is 31.1 Å². The van der Waals surface area contributed by atoms with Crippen molar-refractivity contribution >= 4 is 15.9 Å². The summed E-state index contributed by atoms with van der Waals surface area (Å²) in [4.78, 5) is 12.4. The molecule has 0 saturated carbocycles. The molecule has 2 rings (SSSR count). The van der Waals surface area contributed by atoms with E-state index < -0.39 is 10.0 Å². The number of benzene rings is 1. The van der Waals surface area contributed by atoms with Gasteiger partial charge in [0.15, 0.2) is 5.76 Å². The summed E-state index contributed by atoms with van der Waals surface area (Å²) in [7, 11) is -3.67. The van der Waals surface area contributed by atoms with E-state index in [1.165, 1.54) is 12.1 Å². The van der Waals surface area contributed by atoms with Gasteiger partial charge in [-0.05, 0) is 37.5 Å². The van der Waals surface area contributed by atoms with Crippen LogP contribution in [-0.2, 0) is 16.4 Å². The number of aromatic nitrogens is 1. The highest BCUT2D eigenvalue weighted by Gasteiger charge is 2.22. The number of aryl methyl sites for hydroxylation is 2. The van der Waals surface area contributed by atoms with Gasteiger partial charge in [0, 0.05) is 12.5 Å². The summed E-state index contributed by atoms with van der Waals surface area (Å²) < 4.78 is 27.6. The Morgan fingerprint density at radius 1 is 1.28 bits per heavy atom. The van der Waals surface area contributed by atoms with E-state index in [2.05, 4.69) is 10.5 Å². The Morgan fingerprint density at radius 2 is 1.92 bits per heavy atom. The highest BCUT2D eigenvalue weighted by molar-refractivity contribution is 7.89. The van der Waals surface area contributed by atoms with Crippen LogP contribution in [0.15, 0.2) is 33.7 Å². The van der Waals surface area contributed by atoms with E-state index in [1.54, 1.807) is 19.1 Å². The van der Waals surface area contributed by atoms with Crippen molar-refractivity contribution in [3.05, 3.63) is 46.8 Å². The zero-order valence-corrected chi connectivity index (χ0v) is 15.4. The van der Waals surface area contributed by atoms with Crippen LogP contribution in [0.2, 0.25) is 0 Å². The molecule has 0 unspecified atom stereocenters. The zero-order valence-electron chi connectivity index (χ0n) is 14.6. The van der Waals surface area contributed by atoms with Gasteiger partial charge in [-0.2, -0.15) is 0 Å². The molecule has 136 valence electrons. The second kappa shape index (κ2) is 7.79. The number of carbonyl (C=O) groups excluding carboxylic acids is 1. The monoisotopic (exact) mass is 365 g/mol. The molecular formula is C17H23N3O4S. The number of nitrogens with two attached hydrogens (primary N) is 1. The Morgan fingerprint density at radius 3 is 2.48 bits per heavy atom. The normalized spacial score (nSPS) is 11.7. The van der Waals surface area contributed by atoms with E-state index in [9.17, 15) is 13.2 Å². The smallest absolute Gasteiger partial charge is 0.256 e. The lowest BCUT2D eigenvalue weighted by Gasteiger charge is -2.07. The molecule has 0 saturated heterocycles. The molecule has 1 aromatic heterocycles. The molecule has 1 amide bonds. The van der Waals surface area contributed by atoms with E-state index >= 15 is 0 Å². The van der Waals surface area contributed by atoms with Crippen molar-refractivity contribution < 1.29 is 17.7 Å². The molecule has 3 N–H and O–H groups in total. The molecule has 0 radical (unpaired) electrons. The second-order valence-corrected chi connectivity index (χ2v) is 7.77. The predicted molar refractivity (Wildman–Crippen MR) is 93.8 cm³/mol. The van der Waals surface area contributed by atoms with Gasteiger partial charge in [0.25, 0.3) is 5.91 Å². The molecule has 0 spiro atoms. The van der Waals surface area contributed by atoms with Gasteiger partial charge < -0.3 is 9.84 Å². The Balaban J connectivity index is 1.87. The summed E-state index contributed by atoms with van der Waals surface area (Å²) >= 11 is 0. The molecule has 0 aliphatic rings. The van der Waals surface area contributed by atoms with Crippen molar-refractivity contribution in [1.29, 1.82) is 0 Å². The van der Waals surface area contributed by atoms with E-state index in [1.807, 2.05) is 13.8 Å². The van der Waals surface area contributed by atoms with Crippen LogP contribution in [0.1, 0.15) is 53.6 Å². The number of nitrogens with zero attached hydrogens (tertiary/aromatic N) is 1. The average molecular weight is 365 g/mol. The summed E-state index contributed by atoms with van der Waals surface area (Å²) in [6.07, 6.45) is 1.44. The standard InChI is InChI=1S/C17H23N3O4S/c1-11(2)16-15(12(3)20-24-16)17(21)19-10-4-5-13-6-8-14(9-7-13)25(18,22)23/h6-9,11H,4-5,10H2,1-3H3,(H,19,21)(H2,18,22,23). The van der Waals surface area contributed by atoms with Crippen LogP contribution in [0.5, 0.6) is 0 Å². The summed E-state index contributed by atoms with van der Waals surface area (Å²) in [5.41, 5.74) is 2.07. The van der Waals surface area contributed by atoms with Crippen LogP contribution in [0, 0.1) is 6.92 Å². The minimum Gasteiger partial charge on any atom is -0.360 e. The van der Waals surface area contributed by atoms with Crippen LogP contribution >= 0.6 is 0 Å².